The minimum Gasteiger partial charge on any atom is -0.494 e. The lowest BCUT2D eigenvalue weighted by atomic mass is 10.1. The Morgan fingerprint density at radius 1 is 1.11 bits per heavy atom. The zero-order valence-electron chi connectivity index (χ0n) is 16.6. The molecule has 0 bridgehead atoms. The van der Waals surface area contributed by atoms with Gasteiger partial charge in [-0.1, -0.05) is 0 Å². The highest BCUT2D eigenvalue weighted by Gasteiger charge is 2.24. The quantitative estimate of drug-likeness (QED) is 0.698. The largest absolute Gasteiger partial charge is 0.494 e. The Hall–Kier alpha value is -2.09. The molecule has 28 heavy (non-hydrogen) atoms. The predicted octanol–water partition coefficient (Wildman–Crippen LogP) is 2.63. The minimum atomic E-state index is -0.108. The van der Waals surface area contributed by atoms with Gasteiger partial charge >= 0.3 is 0 Å². The number of likely N-dealkylation sites (N-methyl/N-ethyl adjacent to an activating group) is 1. The number of piperazine rings is 1. The topological polar surface area (TPSA) is 54.0 Å². The molecule has 1 aliphatic rings. The van der Waals surface area contributed by atoms with Gasteiger partial charge in [0.05, 0.1) is 12.6 Å². The lowest BCUT2D eigenvalue weighted by Gasteiger charge is -2.38. The first-order valence-corrected chi connectivity index (χ1v) is 10.7. The Morgan fingerprint density at radius 2 is 1.79 bits per heavy atom. The lowest BCUT2D eigenvalue weighted by Crippen LogP contribution is -2.48. The average Bonchev–Trinajstić information content (AvgIpc) is 3.24. The zero-order chi connectivity index (χ0) is 19.8. The van der Waals surface area contributed by atoms with Crippen LogP contribution < -0.4 is 14.8 Å². The molecule has 0 spiro atoms. The van der Waals surface area contributed by atoms with Gasteiger partial charge in [0.2, 0.25) is 0 Å². The number of benzene rings is 1. The summed E-state index contributed by atoms with van der Waals surface area (Å²) in [6, 6.07) is 9.67. The van der Waals surface area contributed by atoms with Crippen molar-refractivity contribution in [1.82, 2.24) is 15.1 Å². The summed E-state index contributed by atoms with van der Waals surface area (Å²) in [4.78, 5) is 17.1. The first-order valence-electron chi connectivity index (χ1n) is 9.72. The maximum atomic E-state index is 12.3. The van der Waals surface area contributed by atoms with E-state index in [1.807, 2.05) is 31.2 Å². The smallest absolute Gasteiger partial charge is 0.258 e. The van der Waals surface area contributed by atoms with Crippen LogP contribution in [0.5, 0.6) is 11.5 Å². The van der Waals surface area contributed by atoms with Gasteiger partial charge in [-0.2, -0.15) is 11.3 Å². The number of rotatable bonds is 9. The van der Waals surface area contributed by atoms with Crippen LogP contribution in [0.25, 0.3) is 0 Å². The molecular weight excluding hydrogens is 374 g/mol. The van der Waals surface area contributed by atoms with Crippen molar-refractivity contribution in [2.24, 2.45) is 0 Å². The van der Waals surface area contributed by atoms with Crippen molar-refractivity contribution in [3.05, 3.63) is 46.7 Å². The molecule has 1 aromatic carbocycles. The maximum absolute atomic E-state index is 12.3. The molecule has 1 unspecified atom stereocenters. The molecule has 3 rings (SSSR count). The van der Waals surface area contributed by atoms with Gasteiger partial charge < -0.3 is 19.7 Å². The molecule has 0 saturated carbocycles. The van der Waals surface area contributed by atoms with Crippen LogP contribution in [0.2, 0.25) is 0 Å². The number of ether oxygens (including phenoxy) is 2. The third-order valence-corrected chi connectivity index (χ3v) is 5.61. The van der Waals surface area contributed by atoms with Gasteiger partial charge in [0.15, 0.2) is 6.61 Å². The van der Waals surface area contributed by atoms with Crippen molar-refractivity contribution in [2.75, 3.05) is 53.0 Å². The summed E-state index contributed by atoms with van der Waals surface area (Å²) in [6.45, 7) is 7.29. The van der Waals surface area contributed by atoms with E-state index in [4.69, 9.17) is 9.47 Å². The Balaban J connectivity index is 1.49. The summed E-state index contributed by atoms with van der Waals surface area (Å²) < 4.78 is 11.0. The number of hydrogen-bond acceptors (Lipinski definition) is 6. The molecule has 7 heteroatoms. The molecule has 2 aromatic rings. The van der Waals surface area contributed by atoms with Crippen LogP contribution in [0.3, 0.4) is 0 Å². The number of nitrogens with one attached hydrogen (secondary N) is 1. The standard InChI is InChI=1S/C21H29N3O3S/c1-3-26-18-4-6-19(7-5-18)27-15-21(25)22-14-20(17-8-13-28-16-17)24-11-9-23(2)10-12-24/h4-8,13,16,20H,3,9-12,14-15H2,1-2H3,(H,22,25). The molecule has 152 valence electrons. The second-order valence-electron chi connectivity index (χ2n) is 6.91. The molecule has 1 amide bonds. The molecule has 6 nitrogen and oxygen atoms in total. The van der Waals surface area contributed by atoms with E-state index in [9.17, 15) is 4.79 Å². The van der Waals surface area contributed by atoms with E-state index in [2.05, 4.69) is 39.0 Å². The van der Waals surface area contributed by atoms with E-state index in [-0.39, 0.29) is 18.6 Å². The van der Waals surface area contributed by atoms with E-state index < -0.39 is 0 Å². The van der Waals surface area contributed by atoms with Crippen LogP contribution in [0.15, 0.2) is 41.1 Å². The molecule has 1 aliphatic heterocycles. The first-order chi connectivity index (χ1) is 13.7. The zero-order valence-corrected chi connectivity index (χ0v) is 17.4. The predicted molar refractivity (Wildman–Crippen MR) is 112 cm³/mol. The molecular formula is C21H29N3O3S. The van der Waals surface area contributed by atoms with E-state index in [1.54, 1.807) is 11.3 Å². The van der Waals surface area contributed by atoms with Crippen molar-refractivity contribution < 1.29 is 14.3 Å². The summed E-state index contributed by atoms with van der Waals surface area (Å²) in [5, 5.41) is 7.31. The van der Waals surface area contributed by atoms with E-state index >= 15 is 0 Å². The number of hydrogen-bond donors (Lipinski definition) is 1. The van der Waals surface area contributed by atoms with Crippen LogP contribution in [-0.2, 0) is 4.79 Å². The highest BCUT2D eigenvalue weighted by Crippen LogP contribution is 2.23. The molecule has 1 atom stereocenters. The number of carbonyl (C=O) groups excluding carboxylic acids is 1. The Morgan fingerprint density at radius 3 is 2.39 bits per heavy atom. The summed E-state index contributed by atoms with van der Waals surface area (Å²) in [5.41, 5.74) is 1.27. The van der Waals surface area contributed by atoms with Crippen LogP contribution >= 0.6 is 11.3 Å². The monoisotopic (exact) mass is 403 g/mol. The summed E-state index contributed by atoms with van der Waals surface area (Å²) in [6.07, 6.45) is 0. The van der Waals surface area contributed by atoms with Gasteiger partial charge in [-0.15, -0.1) is 0 Å². The SMILES string of the molecule is CCOc1ccc(OCC(=O)NCC(c2ccsc2)N2CCN(C)CC2)cc1. The van der Waals surface area contributed by atoms with Crippen LogP contribution in [0.1, 0.15) is 18.5 Å². The molecule has 1 aromatic heterocycles. The van der Waals surface area contributed by atoms with Gasteiger partial charge in [-0.25, -0.2) is 0 Å². The Labute approximate surface area is 171 Å². The summed E-state index contributed by atoms with van der Waals surface area (Å²) >= 11 is 1.69. The number of thiophene rings is 1. The van der Waals surface area contributed by atoms with E-state index in [1.165, 1.54) is 5.56 Å². The number of amides is 1. The van der Waals surface area contributed by atoms with Crippen LogP contribution in [-0.4, -0.2) is 68.7 Å². The first kappa shape index (κ1) is 20.6. The molecule has 0 aliphatic carbocycles. The highest BCUT2D eigenvalue weighted by atomic mass is 32.1. The Bertz CT molecular complexity index is 713. The fourth-order valence-corrected chi connectivity index (χ4v) is 3.97. The Kier molecular flexibility index (Phi) is 7.71. The van der Waals surface area contributed by atoms with Crippen molar-refractivity contribution in [3.63, 3.8) is 0 Å². The number of nitrogens with zero attached hydrogens (tertiary/aromatic N) is 2. The van der Waals surface area contributed by atoms with E-state index in [0.29, 0.717) is 18.9 Å². The summed E-state index contributed by atoms with van der Waals surface area (Å²) in [5.74, 6) is 1.35. The van der Waals surface area contributed by atoms with Crippen molar-refractivity contribution >= 4 is 17.2 Å². The van der Waals surface area contributed by atoms with Crippen molar-refractivity contribution in [2.45, 2.75) is 13.0 Å². The number of carbonyl (C=O) groups is 1. The molecule has 1 saturated heterocycles. The average molecular weight is 404 g/mol. The third kappa shape index (κ3) is 5.95. The van der Waals surface area contributed by atoms with Gasteiger partial charge in [-0.05, 0) is 60.6 Å². The van der Waals surface area contributed by atoms with E-state index in [0.717, 1.165) is 31.9 Å². The van der Waals surface area contributed by atoms with Crippen molar-refractivity contribution in [3.8, 4) is 11.5 Å². The molecule has 1 N–H and O–H groups in total. The fraction of sp³-hybridized carbons (Fsp3) is 0.476. The van der Waals surface area contributed by atoms with Gasteiger partial charge in [0.25, 0.3) is 5.91 Å². The normalized spacial score (nSPS) is 16.5. The minimum absolute atomic E-state index is 0.00702. The summed E-state index contributed by atoms with van der Waals surface area (Å²) in [7, 11) is 2.15. The van der Waals surface area contributed by atoms with Gasteiger partial charge in [0.1, 0.15) is 11.5 Å². The molecule has 0 radical (unpaired) electrons. The van der Waals surface area contributed by atoms with Crippen molar-refractivity contribution in [1.29, 1.82) is 0 Å². The molecule has 2 heterocycles. The molecule has 1 fully saturated rings. The maximum Gasteiger partial charge on any atom is 0.258 e. The fourth-order valence-electron chi connectivity index (χ4n) is 3.27. The van der Waals surface area contributed by atoms with Crippen LogP contribution in [0.4, 0.5) is 0 Å². The highest BCUT2D eigenvalue weighted by molar-refractivity contribution is 7.07. The second-order valence-corrected chi connectivity index (χ2v) is 7.69. The lowest BCUT2D eigenvalue weighted by molar-refractivity contribution is -0.123. The van der Waals surface area contributed by atoms with Crippen LogP contribution in [0, 0.1) is 0 Å². The third-order valence-electron chi connectivity index (χ3n) is 4.90. The van der Waals surface area contributed by atoms with Gasteiger partial charge in [0, 0.05) is 32.7 Å². The van der Waals surface area contributed by atoms with Gasteiger partial charge in [-0.3, -0.25) is 9.69 Å². The second kappa shape index (κ2) is 10.5.